The van der Waals surface area contributed by atoms with Crippen molar-refractivity contribution in [3.8, 4) is 0 Å². The number of likely N-dealkylation sites (N-methyl/N-ethyl adjacent to an activating group) is 1. The molecule has 8 nitrogen and oxygen atoms in total. The normalized spacial score (nSPS) is 14.7. The van der Waals surface area contributed by atoms with Crippen molar-refractivity contribution in [1.29, 1.82) is 0 Å². The minimum atomic E-state index is -1.10. The van der Waals surface area contributed by atoms with Gasteiger partial charge in [-0.3, -0.25) is 9.36 Å². The van der Waals surface area contributed by atoms with Crippen molar-refractivity contribution in [2.45, 2.75) is 65.1 Å². The molecule has 1 aromatic heterocycles. The van der Waals surface area contributed by atoms with Gasteiger partial charge in [-0.05, 0) is 33.6 Å². The van der Waals surface area contributed by atoms with Crippen LogP contribution in [0.15, 0.2) is 4.79 Å². The molecule has 0 N–H and O–H groups in total. The number of hydrogen-bond donors (Lipinski definition) is 0. The van der Waals surface area contributed by atoms with Gasteiger partial charge in [0.05, 0.1) is 6.61 Å². The second-order valence-corrected chi connectivity index (χ2v) is 6.55. The van der Waals surface area contributed by atoms with Crippen LogP contribution >= 0.6 is 0 Å². The summed E-state index contributed by atoms with van der Waals surface area (Å²) in [6.45, 7) is 5.66. The maximum atomic E-state index is 12.5. The molecule has 0 aliphatic carbocycles. The summed E-state index contributed by atoms with van der Waals surface area (Å²) in [7, 11) is 1.53. The molecule has 8 heteroatoms. The number of carbonyl (C=O) groups excluding carboxylic acids is 2. The van der Waals surface area contributed by atoms with Crippen LogP contribution < -0.4 is 5.69 Å². The van der Waals surface area contributed by atoms with Gasteiger partial charge in [0.2, 0.25) is 5.91 Å². The Morgan fingerprint density at radius 2 is 2.00 bits per heavy atom. The fourth-order valence-corrected chi connectivity index (χ4v) is 2.72. The first kappa shape index (κ1) is 18.2. The van der Waals surface area contributed by atoms with E-state index in [4.69, 9.17) is 4.74 Å². The minimum Gasteiger partial charge on any atom is -0.464 e. The fourth-order valence-electron chi connectivity index (χ4n) is 2.72. The molecule has 0 atom stereocenters. The molecule has 0 radical (unpaired) electrons. The lowest BCUT2D eigenvalue weighted by Crippen LogP contribution is -2.53. The lowest BCUT2D eigenvalue weighted by molar-refractivity contribution is -0.160. The van der Waals surface area contributed by atoms with Crippen LogP contribution in [0, 0.1) is 0 Å². The van der Waals surface area contributed by atoms with Gasteiger partial charge >= 0.3 is 11.7 Å². The van der Waals surface area contributed by atoms with E-state index < -0.39 is 11.5 Å². The second kappa shape index (κ2) is 7.19. The monoisotopic (exact) mass is 338 g/mol. The number of amides is 1. The number of nitrogens with zero attached hydrogens (tertiary/aromatic N) is 4. The average Bonchev–Trinajstić information content (AvgIpc) is 2.71. The number of aryl methyl sites for hydroxylation is 1. The Morgan fingerprint density at radius 1 is 1.29 bits per heavy atom. The Balaban J connectivity index is 2.15. The number of ether oxygens (including phenoxy) is 1. The third-order valence-corrected chi connectivity index (χ3v) is 4.55. The van der Waals surface area contributed by atoms with Gasteiger partial charge in [0.1, 0.15) is 17.9 Å². The van der Waals surface area contributed by atoms with Crippen molar-refractivity contribution in [2.24, 2.45) is 0 Å². The van der Waals surface area contributed by atoms with Gasteiger partial charge in [0, 0.05) is 20.0 Å². The Labute approximate surface area is 141 Å². The highest BCUT2D eigenvalue weighted by molar-refractivity contribution is 5.87. The largest absolute Gasteiger partial charge is 0.464 e. The summed E-state index contributed by atoms with van der Waals surface area (Å²) in [4.78, 5) is 38.3. The van der Waals surface area contributed by atoms with Crippen molar-refractivity contribution >= 4 is 11.9 Å². The Hall–Kier alpha value is -2.12. The van der Waals surface area contributed by atoms with Crippen LogP contribution in [0.3, 0.4) is 0 Å². The smallest absolute Gasteiger partial charge is 0.346 e. The number of hydrogen-bond acceptors (Lipinski definition) is 5. The molecule has 0 bridgehead atoms. The van der Waals surface area contributed by atoms with Crippen LogP contribution in [-0.2, 0) is 33.8 Å². The van der Waals surface area contributed by atoms with Crippen LogP contribution in [0.2, 0.25) is 0 Å². The molecule has 0 saturated carbocycles. The first-order valence-electron chi connectivity index (χ1n) is 8.39. The van der Waals surface area contributed by atoms with E-state index in [-0.39, 0.29) is 24.7 Å². The minimum absolute atomic E-state index is 0.182. The Bertz CT molecular complexity index is 674. The Morgan fingerprint density at radius 3 is 2.67 bits per heavy atom. The van der Waals surface area contributed by atoms with Gasteiger partial charge in [-0.2, -0.15) is 5.10 Å². The topological polar surface area (TPSA) is 86.4 Å². The molecule has 0 spiro atoms. The third kappa shape index (κ3) is 3.52. The maximum Gasteiger partial charge on any atom is 0.346 e. The summed E-state index contributed by atoms with van der Waals surface area (Å²) < 4.78 is 7.86. The van der Waals surface area contributed by atoms with Gasteiger partial charge < -0.3 is 9.64 Å². The first-order valence-corrected chi connectivity index (χ1v) is 8.39. The van der Waals surface area contributed by atoms with E-state index >= 15 is 0 Å². The molecule has 2 heterocycles. The molecule has 134 valence electrons. The lowest BCUT2D eigenvalue weighted by atomic mass is 10.0. The molecule has 2 rings (SSSR count). The summed E-state index contributed by atoms with van der Waals surface area (Å²) in [5.74, 6) is -0.102. The van der Waals surface area contributed by atoms with E-state index in [9.17, 15) is 14.4 Å². The number of rotatable bonds is 5. The van der Waals surface area contributed by atoms with Crippen molar-refractivity contribution in [3.63, 3.8) is 0 Å². The highest BCUT2D eigenvalue weighted by Gasteiger charge is 2.37. The number of fused-ring (bicyclic) bond motifs is 1. The molecule has 0 unspecified atom stereocenters. The van der Waals surface area contributed by atoms with Gasteiger partial charge in [-0.1, -0.05) is 6.42 Å². The van der Waals surface area contributed by atoms with Gasteiger partial charge in [-0.15, -0.1) is 0 Å². The molecule has 1 aromatic rings. The molecule has 1 amide bonds. The molecule has 24 heavy (non-hydrogen) atoms. The first-order chi connectivity index (χ1) is 11.3. The molecule has 0 fully saturated rings. The van der Waals surface area contributed by atoms with Crippen molar-refractivity contribution in [3.05, 3.63) is 16.3 Å². The summed E-state index contributed by atoms with van der Waals surface area (Å²) >= 11 is 0. The van der Waals surface area contributed by atoms with E-state index in [2.05, 4.69) is 5.10 Å². The van der Waals surface area contributed by atoms with E-state index in [1.165, 1.54) is 16.6 Å². The zero-order valence-corrected chi connectivity index (χ0v) is 14.9. The molecule has 1 aliphatic rings. The van der Waals surface area contributed by atoms with Crippen molar-refractivity contribution in [2.75, 3.05) is 13.7 Å². The van der Waals surface area contributed by atoms with Crippen LogP contribution in [-0.4, -0.2) is 50.3 Å². The average molecular weight is 338 g/mol. The number of aromatic nitrogens is 3. The molecule has 0 saturated heterocycles. The van der Waals surface area contributed by atoms with E-state index in [1.54, 1.807) is 25.3 Å². The highest BCUT2D eigenvalue weighted by atomic mass is 16.5. The quantitative estimate of drug-likeness (QED) is 0.733. The van der Waals surface area contributed by atoms with Gasteiger partial charge in [-0.25, -0.2) is 14.3 Å². The maximum absolute atomic E-state index is 12.5. The Kier molecular flexibility index (Phi) is 5.46. The highest BCUT2D eigenvalue weighted by Crippen LogP contribution is 2.15. The van der Waals surface area contributed by atoms with E-state index in [0.717, 1.165) is 31.5 Å². The van der Waals surface area contributed by atoms with Crippen LogP contribution in [0.25, 0.3) is 0 Å². The van der Waals surface area contributed by atoms with Crippen LogP contribution in [0.5, 0.6) is 0 Å². The van der Waals surface area contributed by atoms with E-state index in [0.29, 0.717) is 6.54 Å². The lowest BCUT2D eigenvalue weighted by Gasteiger charge is -2.33. The van der Waals surface area contributed by atoms with Gasteiger partial charge in [0.15, 0.2) is 0 Å². The van der Waals surface area contributed by atoms with Crippen LogP contribution in [0.1, 0.15) is 45.9 Å². The second-order valence-electron chi connectivity index (χ2n) is 6.55. The summed E-state index contributed by atoms with van der Waals surface area (Å²) in [6.07, 6.45) is 3.78. The predicted molar refractivity (Wildman–Crippen MR) is 87.5 cm³/mol. The van der Waals surface area contributed by atoms with Gasteiger partial charge in [0.25, 0.3) is 0 Å². The molecular weight excluding hydrogens is 312 g/mol. The van der Waals surface area contributed by atoms with E-state index in [1.807, 2.05) is 0 Å². The molecule has 0 aromatic carbocycles. The third-order valence-electron chi connectivity index (χ3n) is 4.55. The summed E-state index contributed by atoms with van der Waals surface area (Å²) in [5.41, 5.74) is -1.37. The van der Waals surface area contributed by atoms with Crippen molar-refractivity contribution in [1.82, 2.24) is 19.2 Å². The zero-order valence-electron chi connectivity index (χ0n) is 14.9. The summed E-state index contributed by atoms with van der Waals surface area (Å²) in [6, 6.07) is 0. The molecule has 1 aliphatic heterocycles. The van der Waals surface area contributed by atoms with Crippen LogP contribution in [0.4, 0.5) is 0 Å². The standard InChI is InChI=1S/C16H26N4O4/c1-5-24-14(22)16(2,3)18(4)13(21)11-20-15(23)19-10-8-6-7-9-12(19)17-20/h5-11H2,1-4H3. The SMILES string of the molecule is CCOC(=O)C(C)(C)N(C)C(=O)Cn1nc2n(c1=O)CCCCC2. The number of esters is 1. The predicted octanol–water partition coefficient (Wildman–Crippen LogP) is 0.571. The summed E-state index contributed by atoms with van der Waals surface area (Å²) in [5, 5.41) is 4.30. The fraction of sp³-hybridized carbons (Fsp3) is 0.750. The number of carbonyl (C=O) groups is 2. The van der Waals surface area contributed by atoms with Crippen molar-refractivity contribution < 1.29 is 14.3 Å². The zero-order chi connectivity index (χ0) is 17.9. The molecular formula is C16H26N4O4.